The molecule has 1 heterocycles. The van der Waals surface area contributed by atoms with E-state index in [1.54, 1.807) is 0 Å². The Morgan fingerprint density at radius 2 is 1.82 bits per heavy atom. The first-order chi connectivity index (χ1) is 10.9. The number of halogens is 2. The van der Waals surface area contributed by atoms with Crippen molar-refractivity contribution >= 4 is 30.6 Å². The van der Waals surface area contributed by atoms with E-state index in [2.05, 4.69) is 72.3 Å². The molecule has 1 aromatic carbocycles. The van der Waals surface area contributed by atoms with Gasteiger partial charge in [0.25, 0.3) is 0 Å². The minimum atomic E-state index is -0.826. The SMILES string of the molecule is [C-]1=CC=CC1.[C-]1=Cc2ccccc2C1p1cccc1.[Cl][Zr+2][Cl]. The standard InChI is InChI=1S/C13H10P.C5H5.2ClH.Zr/c1-2-6-12-11(5-1)7-8-13(12)14-9-3-4-10-14;1-2-4-5-3-1;;;/h1-7,9-10,13H;1-3H,4H2;2*1H;/q2*-1;;;+4/p-2. The van der Waals surface area contributed by atoms with Crippen LogP contribution in [0.1, 0.15) is 23.2 Å². The Morgan fingerprint density at radius 1 is 1.09 bits per heavy atom. The van der Waals surface area contributed by atoms with E-state index in [9.17, 15) is 0 Å². The summed E-state index contributed by atoms with van der Waals surface area (Å²) in [5, 5.41) is 0. The van der Waals surface area contributed by atoms with Crippen LogP contribution in [0.2, 0.25) is 0 Å². The fraction of sp³-hybridized carbons (Fsp3) is 0.111. The molecule has 22 heavy (non-hydrogen) atoms. The molecule has 2 aromatic rings. The zero-order valence-electron chi connectivity index (χ0n) is 11.9. The topological polar surface area (TPSA) is 0 Å². The average molecular weight is 424 g/mol. The Kier molecular flexibility index (Phi) is 8.57. The molecule has 0 fully saturated rings. The van der Waals surface area contributed by atoms with Crippen molar-refractivity contribution in [3.8, 4) is 0 Å². The summed E-state index contributed by atoms with van der Waals surface area (Å²) in [7, 11) is 9.73. The van der Waals surface area contributed by atoms with E-state index in [0.29, 0.717) is 5.66 Å². The molecule has 0 N–H and O–H groups in total. The summed E-state index contributed by atoms with van der Waals surface area (Å²) in [6.07, 6.45) is 15.6. The van der Waals surface area contributed by atoms with Gasteiger partial charge in [-0.3, -0.25) is 12.2 Å². The predicted molar refractivity (Wildman–Crippen MR) is 94.7 cm³/mol. The van der Waals surface area contributed by atoms with Crippen molar-refractivity contribution in [3.63, 3.8) is 0 Å². The van der Waals surface area contributed by atoms with Crippen molar-refractivity contribution in [3.05, 3.63) is 89.5 Å². The van der Waals surface area contributed by atoms with Crippen LogP contribution < -0.4 is 0 Å². The van der Waals surface area contributed by atoms with Crippen molar-refractivity contribution < 1.29 is 20.8 Å². The normalized spacial score (nSPS) is 16.2. The molecule has 0 nitrogen and oxygen atoms in total. The fourth-order valence-corrected chi connectivity index (χ4v) is 4.10. The molecule has 4 heteroatoms. The number of benzene rings is 1. The molecule has 0 bridgehead atoms. The molecule has 110 valence electrons. The van der Waals surface area contributed by atoms with Gasteiger partial charge in [-0.1, -0.05) is 30.3 Å². The number of hydrogen-bond acceptors (Lipinski definition) is 0. The van der Waals surface area contributed by atoms with Gasteiger partial charge < -0.3 is 0 Å². The summed E-state index contributed by atoms with van der Waals surface area (Å²) >= 11 is -0.826. The number of hydrogen-bond donors (Lipinski definition) is 0. The minimum absolute atomic E-state index is 0.136. The van der Waals surface area contributed by atoms with Gasteiger partial charge in [0, 0.05) is 0 Å². The Bertz CT molecular complexity index is 635. The second-order valence-electron chi connectivity index (χ2n) is 4.55. The predicted octanol–water partition coefficient (Wildman–Crippen LogP) is 6.77. The van der Waals surface area contributed by atoms with Gasteiger partial charge in [0.15, 0.2) is 0 Å². The third kappa shape index (κ3) is 5.40. The molecular weight excluding hydrogens is 409 g/mol. The molecule has 0 saturated heterocycles. The molecule has 1 unspecified atom stereocenters. The Labute approximate surface area is 152 Å². The molecular formula is C18H15Cl2PZr. The molecule has 0 radical (unpaired) electrons. The van der Waals surface area contributed by atoms with Crippen LogP contribution >= 0.6 is 24.6 Å². The van der Waals surface area contributed by atoms with E-state index in [1.165, 1.54) is 11.1 Å². The van der Waals surface area contributed by atoms with Crippen LogP contribution in [0.15, 0.2) is 66.2 Å². The number of fused-ring (bicyclic) bond motifs is 1. The van der Waals surface area contributed by atoms with E-state index in [1.807, 2.05) is 12.2 Å². The summed E-state index contributed by atoms with van der Waals surface area (Å²) in [4.78, 5) is 0. The number of allylic oxidation sites excluding steroid dienone is 5. The first-order valence-corrected chi connectivity index (χ1v) is 14.7. The van der Waals surface area contributed by atoms with Crippen LogP contribution in [0, 0.1) is 12.2 Å². The Hall–Kier alpha value is -0.317. The van der Waals surface area contributed by atoms with Gasteiger partial charge in [-0.05, 0) is 17.3 Å². The van der Waals surface area contributed by atoms with Crippen molar-refractivity contribution in [2.45, 2.75) is 12.1 Å². The first kappa shape index (κ1) is 18.0. The molecule has 2 aliphatic carbocycles. The van der Waals surface area contributed by atoms with Gasteiger partial charge in [-0.25, -0.2) is 18.2 Å². The maximum atomic E-state index is 4.93. The van der Waals surface area contributed by atoms with E-state index in [4.69, 9.17) is 17.0 Å². The summed E-state index contributed by atoms with van der Waals surface area (Å²) in [5.41, 5.74) is 3.28. The molecule has 1 atom stereocenters. The molecule has 0 aliphatic heterocycles. The quantitative estimate of drug-likeness (QED) is 0.443. The Morgan fingerprint density at radius 3 is 2.41 bits per heavy atom. The molecule has 0 saturated carbocycles. The van der Waals surface area contributed by atoms with Crippen LogP contribution in [-0.4, -0.2) is 0 Å². The monoisotopic (exact) mass is 422 g/mol. The second kappa shape index (κ2) is 10.5. The van der Waals surface area contributed by atoms with Gasteiger partial charge in [-0.15, -0.1) is 25.6 Å². The molecule has 4 rings (SSSR count). The second-order valence-corrected chi connectivity index (χ2v) is 10.3. The van der Waals surface area contributed by atoms with Crippen LogP contribution in [0.3, 0.4) is 0 Å². The van der Waals surface area contributed by atoms with Crippen LogP contribution in [0.5, 0.6) is 0 Å². The van der Waals surface area contributed by atoms with Gasteiger partial charge in [0.1, 0.15) is 0 Å². The van der Waals surface area contributed by atoms with Crippen molar-refractivity contribution in [1.82, 2.24) is 0 Å². The fourth-order valence-electron chi connectivity index (χ4n) is 2.26. The zero-order chi connectivity index (χ0) is 15.6. The zero-order valence-corrected chi connectivity index (χ0v) is 16.8. The average Bonchev–Trinajstić information content (AvgIpc) is 3.30. The Balaban J connectivity index is 0.000000184. The van der Waals surface area contributed by atoms with Gasteiger partial charge in [0.05, 0.1) is 0 Å². The third-order valence-electron chi connectivity index (χ3n) is 3.20. The molecule has 0 spiro atoms. The van der Waals surface area contributed by atoms with Crippen LogP contribution in [0.4, 0.5) is 0 Å². The van der Waals surface area contributed by atoms with Crippen molar-refractivity contribution in [1.29, 1.82) is 0 Å². The summed E-state index contributed by atoms with van der Waals surface area (Å²) in [6, 6.07) is 12.9. The first-order valence-electron chi connectivity index (χ1n) is 6.85. The number of rotatable bonds is 1. The van der Waals surface area contributed by atoms with Crippen molar-refractivity contribution in [2.75, 3.05) is 0 Å². The molecule has 1 aromatic heterocycles. The van der Waals surface area contributed by atoms with E-state index >= 15 is 0 Å². The van der Waals surface area contributed by atoms with E-state index < -0.39 is 20.8 Å². The van der Waals surface area contributed by atoms with Gasteiger partial charge in [-0.2, -0.15) is 11.6 Å². The van der Waals surface area contributed by atoms with Gasteiger partial charge in [0.2, 0.25) is 0 Å². The summed E-state index contributed by atoms with van der Waals surface area (Å²) in [6.45, 7) is 0. The summed E-state index contributed by atoms with van der Waals surface area (Å²) < 4.78 is 0. The third-order valence-corrected chi connectivity index (χ3v) is 5.26. The maximum absolute atomic E-state index is 4.93. The van der Waals surface area contributed by atoms with E-state index in [-0.39, 0.29) is 7.53 Å². The molecule has 2 aliphatic rings. The van der Waals surface area contributed by atoms with Crippen molar-refractivity contribution in [2.24, 2.45) is 0 Å². The van der Waals surface area contributed by atoms with E-state index in [0.717, 1.165) is 6.42 Å². The van der Waals surface area contributed by atoms with Crippen LogP contribution in [-0.2, 0) is 20.8 Å². The summed E-state index contributed by atoms with van der Waals surface area (Å²) in [5.74, 6) is 4.62. The van der Waals surface area contributed by atoms with Gasteiger partial charge >= 0.3 is 37.9 Å². The van der Waals surface area contributed by atoms with Crippen LogP contribution in [0.25, 0.3) is 6.08 Å². The molecule has 0 amide bonds.